The molecule has 4 rings (SSSR count). The number of hydrogen-bond donors (Lipinski definition) is 1. The van der Waals surface area contributed by atoms with Crippen LogP contribution in [0.5, 0.6) is 0 Å². The van der Waals surface area contributed by atoms with Crippen molar-refractivity contribution in [2.24, 2.45) is 0 Å². The molecule has 0 unspecified atom stereocenters. The van der Waals surface area contributed by atoms with Crippen LogP contribution >= 0.6 is 0 Å². The molecule has 6 nitrogen and oxygen atoms in total. The van der Waals surface area contributed by atoms with Gasteiger partial charge in [0.15, 0.2) is 0 Å². The van der Waals surface area contributed by atoms with Gasteiger partial charge in [-0.2, -0.15) is 5.10 Å². The summed E-state index contributed by atoms with van der Waals surface area (Å²) in [6.07, 6.45) is 3.41. The quantitative estimate of drug-likeness (QED) is 0.499. The van der Waals surface area contributed by atoms with Crippen LogP contribution in [0, 0.1) is 20.8 Å². The van der Waals surface area contributed by atoms with Crippen molar-refractivity contribution >= 4 is 23.0 Å². The Bertz CT molecular complexity index is 1220. The Morgan fingerprint density at radius 3 is 2.57 bits per heavy atom. The van der Waals surface area contributed by atoms with Gasteiger partial charge in [0.2, 0.25) is 5.91 Å². The van der Waals surface area contributed by atoms with Gasteiger partial charge in [-0.25, -0.2) is 9.67 Å². The molecule has 0 saturated carbocycles. The largest absolute Gasteiger partial charge is 0.351 e. The molecule has 0 atom stereocenters. The first-order valence-corrected chi connectivity index (χ1v) is 10.0. The summed E-state index contributed by atoms with van der Waals surface area (Å²) in [5.41, 5.74) is 5.92. The van der Waals surface area contributed by atoms with E-state index in [1.165, 1.54) is 0 Å². The van der Waals surface area contributed by atoms with Gasteiger partial charge in [0.25, 0.3) is 0 Å². The maximum Gasteiger partial charge on any atom is 0.244 e. The molecule has 1 N–H and O–H groups in total. The molecule has 2 aromatic heterocycles. The molecule has 2 aromatic carbocycles. The van der Waals surface area contributed by atoms with E-state index in [1.54, 1.807) is 6.08 Å². The van der Waals surface area contributed by atoms with E-state index in [0.29, 0.717) is 13.1 Å². The van der Waals surface area contributed by atoms with Crippen LogP contribution < -0.4 is 5.32 Å². The molecule has 0 saturated heterocycles. The van der Waals surface area contributed by atoms with E-state index < -0.39 is 0 Å². The Hall–Kier alpha value is -3.67. The molecule has 30 heavy (non-hydrogen) atoms. The fraction of sp³-hybridized carbons (Fsp3) is 0.208. The maximum absolute atomic E-state index is 12.3. The van der Waals surface area contributed by atoms with Gasteiger partial charge in [-0.1, -0.05) is 30.3 Å². The highest BCUT2D eigenvalue weighted by molar-refractivity contribution is 5.92. The van der Waals surface area contributed by atoms with Crippen molar-refractivity contribution in [2.75, 3.05) is 6.54 Å². The SMILES string of the molecule is Cc1nn(-c2ccccc2)c(C)c1/C=C/C(=O)NCCn1c(C)nc2ccccc21. The van der Waals surface area contributed by atoms with E-state index in [1.807, 2.05) is 86.1 Å². The predicted octanol–water partition coefficient (Wildman–Crippen LogP) is 3.98. The minimum absolute atomic E-state index is 0.122. The smallest absolute Gasteiger partial charge is 0.244 e. The second kappa shape index (κ2) is 8.37. The van der Waals surface area contributed by atoms with Crippen LogP contribution in [-0.2, 0) is 11.3 Å². The summed E-state index contributed by atoms with van der Waals surface area (Å²) in [4.78, 5) is 16.9. The topological polar surface area (TPSA) is 64.7 Å². The highest BCUT2D eigenvalue weighted by atomic mass is 16.1. The van der Waals surface area contributed by atoms with Crippen molar-refractivity contribution in [1.29, 1.82) is 0 Å². The number of nitrogens with zero attached hydrogens (tertiary/aromatic N) is 4. The molecule has 1 amide bonds. The zero-order valence-electron chi connectivity index (χ0n) is 17.5. The molecule has 0 aliphatic rings. The van der Waals surface area contributed by atoms with E-state index in [-0.39, 0.29) is 5.91 Å². The van der Waals surface area contributed by atoms with Crippen molar-refractivity contribution in [3.05, 3.63) is 83.4 Å². The van der Waals surface area contributed by atoms with E-state index in [4.69, 9.17) is 0 Å². The number of amides is 1. The van der Waals surface area contributed by atoms with Gasteiger partial charge in [-0.3, -0.25) is 4.79 Å². The molecular formula is C24H25N5O. The van der Waals surface area contributed by atoms with Gasteiger partial charge in [0, 0.05) is 30.4 Å². The number of para-hydroxylation sites is 3. The van der Waals surface area contributed by atoms with Gasteiger partial charge >= 0.3 is 0 Å². The maximum atomic E-state index is 12.3. The van der Waals surface area contributed by atoms with Crippen LogP contribution in [0.25, 0.3) is 22.8 Å². The van der Waals surface area contributed by atoms with Crippen LogP contribution in [0.4, 0.5) is 0 Å². The van der Waals surface area contributed by atoms with E-state index in [2.05, 4.69) is 20.0 Å². The summed E-state index contributed by atoms with van der Waals surface area (Å²) in [6.45, 7) is 7.16. The summed E-state index contributed by atoms with van der Waals surface area (Å²) in [5, 5.41) is 7.58. The number of fused-ring (bicyclic) bond motifs is 1. The summed E-state index contributed by atoms with van der Waals surface area (Å²) in [7, 11) is 0. The van der Waals surface area contributed by atoms with Crippen molar-refractivity contribution in [3.63, 3.8) is 0 Å². The van der Waals surface area contributed by atoms with Crippen molar-refractivity contribution < 1.29 is 4.79 Å². The summed E-state index contributed by atoms with van der Waals surface area (Å²) in [6, 6.07) is 18.0. The zero-order valence-corrected chi connectivity index (χ0v) is 17.5. The first-order valence-electron chi connectivity index (χ1n) is 10.0. The number of benzene rings is 2. The molecule has 0 bridgehead atoms. The molecule has 0 spiro atoms. The Morgan fingerprint density at radius 1 is 1.03 bits per heavy atom. The van der Waals surface area contributed by atoms with E-state index in [9.17, 15) is 4.79 Å². The number of aryl methyl sites for hydroxylation is 2. The van der Waals surface area contributed by atoms with Crippen LogP contribution in [-0.4, -0.2) is 31.8 Å². The molecule has 2 heterocycles. The standard InChI is InChI=1S/C24H25N5O/c1-17-21(18(2)29(27-17)20-9-5-4-6-10-20)13-14-24(30)25-15-16-28-19(3)26-22-11-7-8-12-23(22)28/h4-14H,15-16H2,1-3H3,(H,25,30)/b14-13+. The van der Waals surface area contributed by atoms with E-state index in [0.717, 1.165) is 39.5 Å². The minimum Gasteiger partial charge on any atom is -0.351 e. The fourth-order valence-corrected chi connectivity index (χ4v) is 3.70. The fourth-order valence-electron chi connectivity index (χ4n) is 3.70. The molecule has 0 aliphatic carbocycles. The highest BCUT2D eigenvalue weighted by Gasteiger charge is 2.11. The summed E-state index contributed by atoms with van der Waals surface area (Å²) < 4.78 is 4.03. The van der Waals surface area contributed by atoms with Crippen LogP contribution in [0.1, 0.15) is 22.8 Å². The third-order valence-corrected chi connectivity index (χ3v) is 5.23. The molecule has 4 aromatic rings. The molecule has 152 valence electrons. The first-order chi connectivity index (χ1) is 14.5. The zero-order chi connectivity index (χ0) is 21.1. The molecule has 0 fully saturated rings. The Balaban J connectivity index is 1.41. The van der Waals surface area contributed by atoms with Crippen molar-refractivity contribution in [2.45, 2.75) is 27.3 Å². The Labute approximate surface area is 175 Å². The monoisotopic (exact) mass is 399 g/mol. The van der Waals surface area contributed by atoms with Gasteiger partial charge in [0.05, 0.1) is 22.4 Å². The van der Waals surface area contributed by atoms with Gasteiger partial charge in [-0.05, 0) is 51.1 Å². The third-order valence-electron chi connectivity index (χ3n) is 5.23. The molecule has 0 aliphatic heterocycles. The number of aromatic nitrogens is 4. The second-order valence-electron chi connectivity index (χ2n) is 7.26. The molecule has 0 radical (unpaired) electrons. The third kappa shape index (κ3) is 3.89. The second-order valence-corrected chi connectivity index (χ2v) is 7.26. The number of hydrogen-bond acceptors (Lipinski definition) is 3. The van der Waals surface area contributed by atoms with Gasteiger partial charge < -0.3 is 9.88 Å². The number of imidazole rings is 1. The van der Waals surface area contributed by atoms with Crippen LogP contribution in [0.15, 0.2) is 60.7 Å². The first kappa shape index (κ1) is 19.6. The normalized spacial score (nSPS) is 11.4. The summed E-state index contributed by atoms with van der Waals surface area (Å²) in [5.74, 6) is 0.823. The lowest BCUT2D eigenvalue weighted by Gasteiger charge is -2.07. The number of carbonyl (C=O) groups is 1. The van der Waals surface area contributed by atoms with Crippen LogP contribution in [0.3, 0.4) is 0 Å². The Kier molecular flexibility index (Phi) is 5.48. The number of carbonyl (C=O) groups excluding carboxylic acids is 1. The van der Waals surface area contributed by atoms with E-state index >= 15 is 0 Å². The number of nitrogens with one attached hydrogen (secondary N) is 1. The lowest BCUT2D eigenvalue weighted by atomic mass is 10.2. The van der Waals surface area contributed by atoms with Gasteiger partial charge in [0.1, 0.15) is 5.82 Å². The molecular weight excluding hydrogens is 374 g/mol. The number of rotatable bonds is 6. The minimum atomic E-state index is -0.122. The predicted molar refractivity (Wildman–Crippen MR) is 120 cm³/mol. The Morgan fingerprint density at radius 2 is 1.77 bits per heavy atom. The lowest BCUT2D eigenvalue weighted by Crippen LogP contribution is -2.25. The van der Waals surface area contributed by atoms with Crippen LogP contribution in [0.2, 0.25) is 0 Å². The summed E-state index contributed by atoms with van der Waals surface area (Å²) >= 11 is 0. The van der Waals surface area contributed by atoms with Gasteiger partial charge in [-0.15, -0.1) is 0 Å². The highest BCUT2D eigenvalue weighted by Crippen LogP contribution is 2.19. The lowest BCUT2D eigenvalue weighted by molar-refractivity contribution is -0.116. The van der Waals surface area contributed by atoms with Crippen molar-refractivity contribution in [3.8, 4) is 5.69 Å². The van der Waals surface area contributed by atoms with Crippen molar-refractivity contribution in [1.82, 2.24) is 24.6 Å². The average Bonchev–Trinajstić information content (AvgIpc) is 3.22. The average molecular weight is 399 g/mol. The molecule has 6 heteroatoms.